The highest BCUT2D eigenvalue weighted by Crippen LogP contribution is 2.28. The molecule has 3 heterocycles. The van der Waals surface area contributed by atoms with Crippen LogP contribution in [0, 0.1) is 18.8 Å². The van der Waals surface area contributed by atoms with E-state index in [9.17, 15) is 0 Å². The van der Waals surface area contributed by atoms with Gasteiger partial charge in [0.2, 0.25) is 0 Å². The molecule has 0 bridgehead atoms. The molecule has 2 aliphatic rings. The van der Waals surface area contributed by atoms with Crippen molar-refractivity contribution < 1.29 is 0 Å². The van der Waals surface area contributed by atoms with Crippen molar-refractivity contribution in [1.29, 1.82) is 0 Å². The van der Waals surface area contributed by atoms with Gasteiger partial charge in [0.15, 0.2) is 0 Å². The van der Waals surface area contributed by atoms with Crippen LogP contribution >= 0.6 is 0 Å². The van der Waals surface area contributed by atoms with E-state index in [4.69, 9.17) is 0 Å². The normalized spacial score (nSPS) is 26.1. The number of aryl methyl sites for hydroxylation is 1. The van der Waals surface area contributed by atoms with Crippen LogP contribution in [0.4, 0.5) is 0 Å². The summed E-state index contributed by atoms with van der Waals surface area (Å²) in [6, 6.07) is 10.8. The Balaban J connectivity index is 1.59. The van der Waals surface area contributed by atoms with E-state index in [-0.39, 0.29) is 0 Å². The van der Waals surface area contributed by atoms with E-state index >= 15 is 0 Å². The van der Waals surface area contributed by atoms with E-state index in [1.165, 1.54) is 43.5 Å². The summed E-state index contributed by atoms with van der Waals surface area (Å²) in [5.41, 5.74) is 3.69. The summed E-state index contributed by atoms with van der Waals surface area (Å²) in [5.74, 6) is 1.77. The third kappa shape index (κ3) is 2.56. The quantitative estimate of drug-likeness (QED) is 0.917. The zero-order chi connectivity index (χ0) is 14.2. The molecular formula is C18H23N3. The fourth-order valence-electron chi connectivity index (χ4n) is 4.02. The average molecular weight is 281 g/mol. The van der Waals surface area contributed by atoms with Gasteiger partial charge in [-0.2, -0.15) is 0 Å². The lowest BCUT2D eigenvalue weighted by Crippen LogP contribution is -2.39. The SMILES string of the molecule is Cc1cc(CN2CCC3CNCC3C2)c2ccccc2n1. The number of hydrogen-bond donors (Lipinski definition) is 1. The number of likely N-dealkylation sites (tertiary alicyclic amines) is 1. The van der Waals surface area contributed by atoms with Gasteiger partial charge in [-0.25, -0.2) is 0 Å². The van der Waals surface area contributed by atoms with Gasteiger partial charge in [0.1, 0.15) is 0 Å². The lowest BCUT2D eigenvalue weighted by Gasteiger charge is -2.34. The van der Waals surface area contributed by atoms with Crippen LogP contribution in [0.15, 0.2) is 30.3 Å². The fourth-order valence-corrected chi connectivity index (χ4v) is 4.02. The van der Waals surface area contributed by atoms with Gasteiger partial charge in [-0.15, -0.1) is 0 Å². The second kappa shape index (κ2) is 5.39. The van der Waals surface area contributed by atoms with E-state index < -0.39 is 0 Å². The van der Waals surface area contributed by atoms with Gasteiger partial charge in [-0.3, -0.25) is 9.88 Å². The molecule has 2 saturated heterocycles. The Kier molecular flexibility index (Phi) is 3.40. The molecule has 3 nitrogen and oxygen atoms in total. The van der Waals surface area contributed by atoms with Crippen molar-refractivity contribution in [2.24, 2.45) is 11.8 Å². The summed E-state index contributed by atoms with van der Waals surface area (Å²) in [6.07, 6.45) is 1.35. The summed E-state index contributed by atoms with van der Waals surface area (Å²) in [6.45, 7) is 8.08. The van der Waals surface area contributed by atoms with Gasteiger partial charge >= 0.3 is 0 Å². The van der Waals surface area contributed by atoms with E-state index in [2.05, 4.69) is 52.5 Å². The summed E-state index contributed by atoms with van der Waals surface area (Å²) in [5, 5.41) is 4.87. The Hall–Kier alpha value is -1.45. The minimum Gasteiger partial charge on any atom is -0.316 e. The number of rotatable bonds is 2. The number of hydrogen-bond acceptors (Lipinski definition) is 3. The van der Waals surface area contributed by atoms with E-state index in [0.717, 1.165) is 29.6 Å². The Morgan fingerprint density at radius 3 is 3.05 bits per heavy atom. The number of fused-ring (bicyclic) bond motifs is 2. The zero-order valence-electron chi connectivity index (χ0n) is 12.7. The molecule has 2 atom stereocenters. The molecule has 0 radical (unpaired) electrons. The molecule has 1 aromatic carbocycles. The predicted molar refractivity (Wildman–Crippen MR) is 86.2 cm³/mol. The number of nitrogens with zero attached hydrogens (tertiary/aromatic N) is 2. The van der Waals surface area contributed by atoms with Crippen LogP contribution < -0.4 is 5.32 Å². The molecule has 2 aromatic rings. The molecule has 2 fully saturated rings. The van der Waals surface area contributed by atoms with Crippen LogP contribution in [-0.4, -0.2) is 36.1 Å². The van der Waals surface area contributed by atoms with Crippen molar-refractivity contribution in [3.63, 3.8) is 0 Å². The molecule has 110 valence electrons. The first-order chi connectivity index (χ1) is 10.3. The lowest BCUT2D eigenvalue weighted by molar-refractivity contribution is 0.142. The molecule has 0 saturated carbocycles. The van der Waals surface area contributed by atoms with Crippen molar-refractivity contribution in [3.8, 4) is 0 Å². The molecule has 0 spiro atoms. The average Bonchev–Trinajstić information content (AvgIpc) is 2.94. The highest BCUT2D eigenvalue weighted by Gasteiger charge is 2.32. The van der Waals surface area contributed by atoms with Crippen molar-refractivity contribution in [3.05, 3.63) is 41.6 Å². The number of benzene rings is 1. The maximum atomic E-state index is 4.65. The van der Waals surface area contributed by atoms with Gasteiger partial charge in [-0.1, -0.05) is 18.2 Å². The van der Waals surface area contributed by atoms with Crippen molar-refractivity contribution in [2.45, 2.75) is 19.9 Å². The highest BCUT2D eigenvalue weighted by atomic mass is 15.1. The molecule has 1 N–H and O–H groups in total. The van der Waals surface area contributed by atoms with E-state index in [1.807, 2.05) is 0 Å². The first-order valence-electron chi connectivity index (χ1n) is 8.08. The number of para-hydroxylation sites is 1. The molecule has 0 aliphatic carbocycles. The van der Waals surface area contributed by atoms with Gasteiger partial charge < -0.3 is 5.32 Å². The molecule has 1 aromatic heterocycles. The molecular weight excluding hydrogens is 258 g/mol. The van der Waals surface area contributed by atoms with Gasteiger partial charge in [0.25, 0.3) is 0 Å². The van der Waals surface area contributed by atoms with Crippen LogP contribution in [0.25, 0.3) is 10.9 Å². The Morgan fingerprint density at radius 1 is 1.24 bits per heavy atom. The van der Waals surface area contributed by atoms with Crippen LogP contribution in [-0.2, 0) is 6.54 Å². The van der Waals surface area contributed by atoms with Crippen LogP contribution in [0.1, 0.15) is 17.7 Å². The third-order valence-corrected chi connectivity index (χ3v) is 5.11. The lowest BCUT2D eigenvalue weighted by atomic mass is 9.88. The number of aromatic nitrogens is 1. The topological polar surface area (TPSA) is 28.2 Å². The summed E-state index contributed by atoms with van der Waals surface area (Å²) in [4.78, 5) is 7.29. The van der Waals surface area contributed by atoms with Crippen LogP contribution in [0.3, 0.4) is 0 Å². The first kappa shape index (κ1) is 13.2. The van der Waals surface area contributed by atoms with Crippen LogP contribution in [0.5, 0.6) is 0 Å². The van der Waals surface area contributed by atoms with Gasteiger partial charge in [0, 0.05) is 24.2 Å². The predicted octanol–water partition coefficient (Wildman–Crippen LogP) is 2.58. The standard InChI is InChI=1S/C18H23N3/c1-13-8-15(17-4-2-3-5-18(17)20-13)11-21-7-6-14-9-19-10-16(14)12-21/h2-5,8,14,16,19H,6-7,9-12H2,1H3. The Labute approximate surface area is 126 Å². The second-order valence-electron chi connectivity index (χ2n) is 6.64. The highest BCUT2D eigenvalue weighted by molar-refractivity contribution is 5.82. The second-order valence-corrected chi connectivity index (χ2v) is 6.64. The molecule has 4 rings (SSSR count). The Morgan fingerprint density at radius 2 is 2.10 bits per heavy atom. The number of piperidine rings is 1. The maximum Gasteiger partial charge on any atom is 0.0708 e. The molecule has 0 amide bonds. The van der Waals surface area contributed by atoms with Crippen molar-refractivity contribution in [2.75, 3.05) is 26.2 Å². The number of pyridine rings is 1. The Bertz CT molecular complexity index is 652. The maximum absolute atomic E-state index is 4.65. The van der Waals surface area contributed by atoms with Crippen molar-refractivity contribution >= 4 is 10.9 Å². The molecule has 2 aliphatic heterocycles. The minimum atomic E-state index is 0.855. The van der Waals surface area contributed by atoms with Gasteiger partial charge in [0.05, 0.1) is 5.52 Å². The summed E-state index contributed by atoms with van der Waals surface area (Å²) >= 11 is 0. The summed E-state index contributed by atoms with van der Waals surface area (Å²) < 4.78 is 0. The molecule has 3 heteroatoms. The smallest absolute Gasteiger partial charge is 0.0708 e. The third-order valence-electron chi connectivity index (χ3n) is 5.11. The minimum absolute atomic E-state index is 0.855. The van der Waals surface area contributed by atoms with Crippen LogP contribution in [0.2, 0.25) is 0 Å². The monoisotopic (exact) mass is 281 g/mol. The van der Waals surface area contributed by atoms with E-state index in [1.54, 1.807) is 0 Å². The van der Waals surface area contributed by atoms with Crippen molar-refractivity contribution in [1.82, 2.24) is 15.2 Å². The van der Waals surface area contributed by atoms with E-state index in [0.29, 0.717) is 0 Å². The molecule has 21 heavy (non-hydrogen) atoms. The number of nitrogens with one attached hydrogen (secondary N) is 1. The largest absolute Gasteiger partial charge is 0.316 e. The van der Waals surface area contributed by atoms with Gasteiger partial charge in [-0.05, 0) is 62.5 Å². The molecule has 2 unspecified atom stereocenters. The fraction of sp³-hybridized carbons (Fsp3) is 0.500. The zero-order valence-corrected chi connectivity index (χ0v) is 12.7. The first-order valence-corrected chi connectivity index (χ1v) is 8.08. The summed E-state index contributed by atoms with van der Waals surface area (Å²) in [7, 11) is 0.